The number of para-hydroxylation sites is 1. The van der Waals surface area contributed by atoms with Crippen LogP contribution in [0.3, 0.4) is 0 Å². The van der Waals surface area contributed by atoms with Gasteiger partial charge in [0.2, 0.25) is 0 Å². The number of nitrogens with one attached hydrogen (secondary N) is 3. The first kappa shape index (κ1) is 30.6. The van der Waals surface area contributed by atoms with Gasteiger partial charge in [-0.05, 0) is 69.9 Å². The lowest BCUT2D eigenvalue weighted by Gasteiger charge is -2.44. The molecule has 1 saturated carbocycles. The van der Waals surface area contributed by atoms with Crippen molar-refractivity contribution in [3.63, 3.8) is 0 Å². The van der Waals surface area contributed by atoms with Crippen LogP contribution in [0.5, 0.6) is 0 Å². The number of ether oxygens (including phenoxy) is 1. The average Bonchev–Trinajstić information content (AvgIpc) is 3.83. The molecule has 2 aliphatic carbocycles. The second-order valence-corrected chi connectivity index (χ2v) is 16.5. The van der Waals surface area contributed by atoms with E-state index >= 15 is 0 Å². The molecule has 0 spiro atoms. The Balaban J connectivity index is 1.03. The molecule has 0 bridgehead atoms. The maximum atomic E-state index is 12.8. The molecular weight excluding hydrogens is 581 g/mol. The van der Waals surface area contributed by atoms with Gasteiger partial charge in [-0.1, -0.05) is 23.7 Å². The quantitative estimate of drug-likeness (QED) is 0.331. The second-order valence-electron chi connectivity index (χ2n) is 12.9. The number of rotatable bonds is 10. The predicted octanol–water partition coefficient (Wildman–Crippen LogP) is 4.33. The van der Waals surface area contributed by atoms with Crippen LogP contribution in [-0.2, 0) is 9.30 Å². The van der Waals surface area contributed by atoms with Gasteiger partial charge < -0.3 is 35.1 Å². The zero-order chi connectivity index (χ0) is 30.0. The van der Waals surface area contributed by atoms with Crippen LogP contribution >= 0.6 is 18.7 Å². The summed E-state index contributed by atoms with van der Waals surface area (Å²) >= 11 is 6.51. The number of allylic oxidation sites excluding steroid dienone is 4. The second kappa shape index (κ2) is 13.3. The topological polar surface area (TPSA) is 84.5 Å². The van der Waals surface area contributed by atoms with Crippen molar-refractivity contribution in [3.8, 4) is 0 Å². The number of aliphatic imine (C=N–C) groups is 1. The number of benzene rings is 1. The van der Waals surface area contributed by atoms with Crippen LogP contribution < -0.4 is 21.3 Å². The summed E-state index contributed by atoms with van der Waals surface area (Å²) in [4.78, 5) is 12.6. The first-order chi connectivity index (χ1) is 20.8. The highest BCUT2D eigenvalue weighted by atomic mass is 35.5. The van der Waals surface area contributed by atoms with E-state index in [-0.39, 0.29) is 0 Å². The Morgan fingerprint density at radius 3 is 2.49 bits per heavy atom. The van der Waals surface area contributed by atoms with Crippen molar-refractivity contribution >= 4 is 35.9 Å². The summed E-state index contributed by atoms with van der Waals surface area (Å²) < 4.78 is 18.7. The van der Waals surface area contributed by atoms with Gasteiger partial charge in [-0.2, -0.15) is 0 Å². The lowest BCUT2D eigenvalue weighted by Crippen LogP contribution is -2.53. The lowest BCUT2D eigenvalue weighted by atomic mass is 9.98. The number of hydrogen-bond donors (Lipinski definition) is 3. The number of piperidine rings is 1. The standard InChI is InChI=1S/C32H47ClN7O2P/c1-42-29-20-25(39-14-12-24(13-15-39)40-18-16-38(17-19-40)22-23-8-9-23)10-11-27(29)36-32-34-21-26(33)31(37-32)35-28-6-4-5-7-30(28)43(2,3)41/h4-7,20-21,23-24,32,35-37H,8-19,22H2,1-3H3. The molecule has 1 atom stereocenters. The average molecular weight is 628 g/mol. The monoisotopic (exact) mass is 627 g/mol. The molecule has 9 nitrogen and oxygen atoms in total. The lowest BCUT2D eigenvalue weighted by molar-refractivity contribution is 0.0634. The molecule has 1 unspecified atom stereocenters. The Hall–Kier alpha value is -2.45. The maximum Gasteiger partial charge on any atom is 0.195 e. The number of anilines is 1. The third kappa shape index (κ3) is 7.62. The number of methoxy groups -OCH3 is 1. The van der Waals surface area contributed by atoms with Gasteiger partial charge in [0.1, 0.15) is 18.7 Å². The minimum Gasteiger partial charge on any atom is -0.495 e. The summed E-state index contributed by atoms with van der Waals surface area (Å²) in [5.41, 5.74) is 3.15. The van der Waals surface area contributed by atoms with Crippen LogP contribution in [-0.4, -0.2) is 99.5 Å². The first-order valence-corrected chi connectivity index (χ1v) is 18.8. The van der Waals surface area contributed by atoms with Crippen molar-refractivity contribution in [2.45, 2.75) is 50.9 Å². The normalized spacial score (nSPS) is 24.6. The molecule has 3 aliphatic heterocycles. The van der Waals surface area contributed by atoms with Crippen LogP contribution in [0.2, 0.25) is 0 Å². The third-order valence-electron chi connectivity index (χ3n) is 9.37. The summed E-state index contributed by atoms with van der Waals surface area (Å²) in [5.74, 6) is 2.46. The summed E-state index contributed by atoms with van der Waals surface area (Å²) in [7, 11) is -0.743. The molecule has 1 aromatic carbocycles. The van der Waals surface area contributed by atoms with E-state index in [0.717, 1.165) is 54.3 Å². The zero-order valence-corrected chi connectivity index (χ0v) is 27.5. The van der Waals surface area contributed by atoms with Gasteiger partial charge in [0.25, 0.3) is 0 Å². The molecule has 3 N–H and O–H groups in total. The largest absolute Gasteiger partial charge is 0.495 e. The van der Waals surface area contributed by atoms with E-state index in [2.05, 4.69) is 41.7 Å². The number of piperazine rings is 1. The first-order valence-electron chi connectivity index (χ1n) is 15.8. The van der Waals surface area contributed by atoms with Gasteiger partial charge in [0.15, 0.2) is 6.29 Å². The van der Waals surface area contributed by atoms with Crippen LogP contribution in [0.25, 0.3) is 0 Å². The Morgan fingerprint density at radius 2 is 1.79 bits per heavy atom. The number of hydrogen-bond acceptors (Lipinski definition) is 9. The van der Waals surface area contributed by atoms with Crippen molar-refractivity contribution in [2.75, 3.05) is 71.6 Å². The van der Waals surface area contributed by atoms with Gasteiger partial charge in [0.05, 0.1) is 23.5 Å². The molecule has 0 aromatic heterocycles. The zero-order valence-electron chi connectivity index (χ0n) is 25.8. The van der Waals surface area contributed by atoms with Gasteiger partial charge in [0, 0.05) is 75.1 Å². The van der Waals surface area contributed by atoms with E-state index in [9.17, 15) is 4.57 Å². The van der Waals surface area contributed by atoms with Crippen LogP contribution in [0.15, 0.2) is 63.3 Å². The molecule has 3 heterocycles. The summed E-state index contributed by atoms with van der Waals surface area (Å²) in [6, 6.07) is 8.35. The van der Waals surface area contributed by atoms with Crippen molar-refractivity contribution in [3.05, 3.63) is 58.3 Å². The fraction of sp³-hybridized carbons (Fsp3) is 0.594. The number of halogens is 1. The molecule has 2 saturated heterocycles. The Bertz CT molecular complexity index is 1330. The summed E-state index contributed by atoms with van der Waals surface area (Å²) in [5, 5.41) is 11.5. The minimum atomic E-state index is -2.48. The van der Waals surface area contributed by atoms with E-state index in [4.69, 9.17) is 16.3 Å². The van der Waals surface area contributed by atoms with Gasteiger partial charge in [-0.25, -0.2) is 4.99 Å². The predicted molar refractivity (Wildman–Crippen MR) is 177 cm³/mol. The van der Waals surface area contributed by atoms with E-state index in [1.54, 1.807) is 26.7 Å². The molecule has 0 radical (unpaired) electrons. The Kier molecular flexibility index (Phi) is 9.43. The maximum absolute atomic E-state index is 12.8. The van der Waals surface area contributed by atoms with E-state index in [0.29, 0.717) is 16.9 Å². The molecule has 3 fully saturated rings. The molecule has 1 aromatic rings. The Labute approximate surface area is 261 Å². The molecule has 0 amide bonds. The number of nitrogens with zero attached hydrogens (tertiary/aromatic N) is 4. The van der Waals surface area contributed by atoms with E-state index < -0.39 is 13.4 Å². The van der Waals surface area contributed by atoms with Crippen LogP contribution in [0.4, 0.5) is 5.69 Å². The molecule has 5 aliphatic rings. The Morgan fingerprint density at radius 1 is 1.05 bits per heavy atom. The van der Waals surface area contributed by atoms with Crippen molar-refractivity contribution in [1.82, 2.24) is 25.3 Å². The van der Waals surface area contributed by atoms with E-state index in [1.807, 2.05) is 24.3 Å². The third-order valence-corrected chi connectivity index (χ3v) is 11.2. The van der Waals surface area contributed by atoms with Crippen molar-refractivity contribution in [2.24, 2.45) is 10.9 Å². The van der Waals surface area contributed by atoms with Gasteiger partial charge in [-0.3, -0.25) is 4.90 Å². The molecule has 43 heavy (non-hydrogen) atoms. The molecule has 234 valence electrons. The number of likely N-dealkylation sites (tertiary alicyclic amines) is 1. The SMILES string of the molecule is COC1=C(NC2N=CC(Cl)=C(Nc3ccccc3P(C)(C)=O)N2)CCC(N2CCC(N3CCN(CC4CC4)CC3)CC2)=C1. The fourth-order valence-corrected chi connectivity index (χ4v) is 8.04. The van der Waals surface area contributed by atoms with Crippen molar-refractivity contribution in [1.29, 1.82) is 0 Å². The summed E-state index contributed by atoms with van der Waals surface area (Å²) in [6.07, 6.45) is 10.6. The van der Waals surface area contributed by atoms with E-state index in [1.165, 1.54) is 64.1 Å². The van der Waals surface area contributed by atoms with Gasteiger partial charge in [-0.15, -0.1) is 0 Å². The van der Waals surface area contributed by atoms with Crippen molar-refractivity contribution < 1.29 is 9.30 Å². The molecular formula is C32H47ClN7O2P. The molecule has 6 rings (SSSR count). The smallest absolute Gasteiger partial charge is 0.195 e. The van der Waals surface area contributed by atoms with Crippen LogP contribution in [0, 0.1) is 5.92 Å². The fourth-order valence-electron chi connectivity index (χ4n) is 6.72. The van der Waals surface area contributed by atoms with Crippen LogP contribution in [0.1, 0.15) is 38.5 Å². The minimum absolute atomic E-state index is 0.414. The highest BCUT2D eigenvalue weighted by molar-refractivity contribution is 7.70. The highest BCUT2D eigenvalue weighted by Crippen LogP contribution is 2.38. The summed E-state index contributed by atoms with van der Waals surface area (Å²) in [6.45, 7) is 12.0. The van der Waals surface area contributed by atoms with Gasteiger partial charge >= 0.3 is 0 Å². The highest BCUT2D eigenvalue weighted by Gasteiger charge is 2.31. The molecule has 11 heteroatoms.